The summed E-state index contributed by atoms with van der Waals surface area (Å²) in [6, 6.07) is 22.3. The van der Waals surface area contributed by atoms with Crippen molar-refractivity contribution in [1.29, 1.82) is 0 Å². The first-order valence-corrected chi connectivity index (χ1v) is 10.9. The number of nitrogens with zero attached hydrogens (tertiary/aromatic N) is 1. The number of fused-ring (bicyclic) bond motifs is 1. The summed E-state index contributed by atoms with van der Waals surface area (Å²) < 4.78 is 0. The molecule has 1 heterocycles. The van der Waals surface area contributed by atoms with Crippen LogP contribution in [0.4, 0.5) is 0 Å². The van der Waals surface area contributed by atoms with E-state index in [0.29, 0.717) is 17.8 Å². The SMILES string of the molecule is C[C@H]1C(c2ccccc2)CC2=C(C1c1ccccc1)N(C)C1=CC=CCC=C1C2. The maximum Gasteiger partial charge on any atom is 0.0438 e. The molecule has 0 fully saturated rings. The van der Waals surface area contributed by atoms with Crippen molar-refractivity contribution in [3.8, 4) is 0 Å². The van der Waals surface area contributed by atoms with Gasteiger partial charge in [-0.2, -0.15) is 0 Å². The van der Waals surface area contributed by atoms with Gasteiger partial charge in [-0.3, -0.25) is 0 Å². The van der Waals surface area contributed by atoms with Gasteiger partial charge in [-0.05, 0) is 59.4 Å². The third kappa shape index (κ3) is 3.19. The zero-order valence-electron chi connectivity index (χ0n) is 17.4. The minimum absolute atomic E-state index is 0.421. The van der Waals surface area contributed by atoms with Crippen LogP contribution < -0.4 is 0 Å². The Hall–Kier alpha value is -2.80. The Morgan fingerprint density at radius 1 is 0.897 bits per heavy atom. The molecular weight excluding hydrogens is 350 g/mol. The third-order valence-electron chi connectivity index (χ3n) is 7.02. The first-order valence-electron chi connectivity index (χ1n) is 10.9. The molecule has 3 aliphatic rings. The van der Waals surface area contributed by atoms with Gasteiger partial charge in [-0.1, -0.05) is 85.8 Å². The Morgan fingerprint density at radius 3 is 2.31 bits per heavy atom. The van der Waals surface area contributed by atoms with E-state index in [1.807, 2.05) is 0 Å². The largest absolute Gasteiger partial charge is 0.347 e. The minimum atomic E-state index is 0.421. The molecule has 2 aliphatic carbocycles. The first-order chi connectivity index (χ1) is 14.2. The van der Waals surface area contributed by atoms with Crippen molar-refractivity contribution in [2.24, 2.45) is 5.92 Å². The smallest absolute Gasteiger partial charge is 0.0438 e. The maximum absolute atomic E-state index is 2.50. The molecule has 0 bridgehead atoms. The van der Waals surface area contributed by atoms with Crippen molar-refractivity contribution < 1.29 is 0 Å². The molecule has 0 radical (unpaired) electrons. The minimum Gasteiger partial charge on any atom is -0.347 e. The van der Waals surface area contributed by atoms with Crippen LogP contribution >= 0.6 is 0 Å². The molecule has 1 aliphatic heterocycles. The van der Waals surface area contributed by atoms with Crippen LogP contribution in [0.5, 0.6) is 0 Å². The van der Waals surface area contributed by atoms with Gasteiger partial charge in [0.15, 0.2) is 0 Å². The molecule has 2 aromatic rings. The van der Waals surface area contributed by atoms with Gasteiger partial charge >= 0.3 is 0 Å². The molecule has 0 saturated carbocycles. The lowest BCUT2D eigenvalue weighted by Gasteiger charge is -2.47. The van der Waals surface area contributed by atoms with Gasteiger partial charge in [0.05, 0.1) is 0 Å². The van der Waals surface area contributed by atoms with E-state index in [4.69, 9.17) is 0 Å². The van der Waals surface area contributed by atoms with E-state index in [2.05, 4.69) is 104 Å². The highest BCUT2D eigenvalue weighted by atomic mass is 15.1. The van der Waals surface area contributed by atoms with E-state index >= 15 is 0 Å². The summed E-state index contributed by atoms with van der Waals surface area (Å²) in [5.41, 5.74) is 8.95. The molecule has 0 saturated heterocycles. The molecule has 0 spiro atoms. The van der Waals surface area contributed by atoms with E-state index < -0.39 is 0 Å². The fourth-order valence-electron chi connectivity index (χ4n) is 5.62. The molecule has 1 nitrogen and oxygen atoms in total. The molecule has 0 amide bonds. The van der Waals surface area contributed by atoms with Gasteiger partial charge in [0, 0.05) is 24.4 Å². The zero-order chi connectivity index (χ0) is 19.8. The molecule has 1 heteroatoms. The lowest BCUT2D eigenvalue weighted by molar-refractivity contribution is 0.309. The highest BCUT2D eigenvalue weighted by Crippen LogP contribution is 2.53. The summed E-state index contributed by atoms with van der Waals surface area (Å²) in [5, 5.41) is 0. The molecule has 3 atom stereocenters. The van der Waals surface area contributed by atoms with Gasteiger partial charge in [-0.25, -0.2) is 0 Å². The fourth-order valence-corrected chi connectivity index (χ4v) is 5.62. The van der Waals surface area contributed by atoms with Crippen LogP contribution in [-0.2, 0) is 0 Å². The van der Waals surface area contributed by atoms with Gasteiger partial charge in [0.1, 0.15) is 0 Å². The van der Waals surface area contributed by atoms with Crippen molar-refractivity contribution in [3.05, 3.63) is 119 Å². The van der Waals surface area contributed by atoms with Gasteiger partial charge < -0.3 is 4.90 Å². The van der Waals surface area contributed by atoms with E-state index in [-0.39, 0.29) is 0 Å². The van der Waals surface area contributed by atoms with Crippen molar-refractivity contribution in [2.75, 3.05) is 7.05 Å². The monoisotopic (exact) mass is 379 g/mol. The molecule has 0 aromatic heterocycles. The van der Waals surface area contributed by atoms with E-state index in [1.54, 1.807) is 5.57 Å². The van der Waals surface area contributed by atoms with Crippen molar-refractivity contribution >= 4 is 0 Å². The molecule has 5 rings (SSSR count). The second-order valence-corrected chi connectivity index (χ2v) is 8.64. The second-order valence-electron chi connectivity index (χ2n) is 8.64. The number of benzene rings is 2. The lowest BCUT2D eigenvalue weighted by atomic mass is 9.65. The highest BCUT2D eigenvalue weighted by Gasteiger charge is 2.41. The van der Waals surface area contributed by atoms with Crippen molar-refractivity contribution in [3.63, 3.8) is 0 Å². The van der Waals surface area contributed by atoms with Gasteiger partial charge in [-0.15, -0.1) is 0 Å². The summed E-state index contributed by atoms with van der Waals surface area (Å²) in [7, 11) is 2.28. The molecule has 2 aromatic carbocycles. The second kappa shape index (κ2) is 7.55. The van der Waals surface area contributed by atoms with E-state index in [1.165, 1.54) is 28.1 Å². The fraction of sp³-hybridized carbons (Fsp3) is 0.286. The molecule has 0 N–H and O–H groups in total. The Kier molecular flexibility index (Phi) is 4.75. The average Bonchev–Trinajstić information content (AvgIpc) is 3.01. The Bertz CT molecular complexity index is 1010. The summed E-state index contributed by atoms with van der Waals surface area (Å²) >= 11 is 0. The van der Waals surface area contributed by atoms with Crippen LogP contribution in [0.3, 0.4) is 0 Å². The van der Waals surface area contributed by atoms with E-state index in [9.17, 15) is 0 Å². The molecular formula is C28H29N. The van der Waals surface area contributed by atoms with Crippen LogP contribution in [0.15, 0.2) is 108 Å². The number of hydrogen-bond acceptors (Lipinski definition) is 1. The third-order valence-corrected chi connectivity index (χ3v) is 7.02. The van der Waals surface area contributed by atoms with Crippen LogP contribution in [0, 0.1) is 5.92 Å². The van der Waals surface area contributed by atoms with Crippen LogP contribution in [0.1, 0.15) is 49.1 Å². The Morgan fingerprint density at radius 2 is 1.59 bits per heavy atom. The average molecular weight is 380 g/mol. The highest BCUT2D eigenvalue weighted by molar-refractivity contribution is 5.50. The van der Waals surface area contributed by atoms with Crippen LogP contribution in [-0.4, -0.2) is 11.9 Å². The predicted octanol–water partition coefficient (Wildman–Crippen LogP) is 6.95. The van der Waals surface area contributed by atoms with Crippen molar-refractivity contribution in [1.82, 2.24) is 4.90 Å². The normalized spacial score (nSPS) is 26.3. The van der Waals surface area contributed by atoms with Crippen molar-refractivity contribution in [2.45, 2.75) is 38.0 Å². The predicted molar refractivity (Wildman–Crippen MR) is 121 cm³/mol. The maximum atomic E-state index is 2.50. The van der Waals surface area contributed by atoms with E-state index in [0.717, 1.165) is 19.3 Å². The number of allylic oxidation sites excluding steroid dienone is 7. The number of likely N-dealkylation sites (N-methyl/N-ethyl adjacent to an activating group) is 1. The van der Waals surface area contributed by atoms with Crippen LogP contribution in [0.2, 0.25) is 0 Å². The lowest BCUT2D eigenvalue weighted by Crippen LogP contribution is -2.36. The standard InChI is InChI=1S/C28H29N/c1-20-25(21-12-6-3-7-13-21)19-24-18-23-16-10-5-11-17-26(23)29(2)28(24)27(20)22-14-8-4-9-15-22/h3-9,11-17,20,25,27H,10,18-19H2,1-2H3/t20-,25?,27?/m0/s1. The van der Waals surface area contributed by atoms with Crippen LogP contribution in [0.25, 0.3) is 0 Å². The Balaban J connectivity index is 1.66. The van der Waals surface area contributed by atoms with Gasteiger partial charge in [0.2, 0.25) is 0 Å². The molecule has 146 valence electrons. The summed E-state index contributed by atoms with van der Waals surface area (Å²) in [6.45, 7) is 2.46. The quantitative estimate of drug-likeness (QED) is 0.545. The summed E-state index contributed by atoms with van der Waals surface area (Å²) in [6.07, 6.45) is 12.5. The zero-order valence-corrected chi connectivity index (χ0v) is 17.4. The summed E-state index contributed by atoms with van der Waals surface area (Å²) in [4.78, 5) is 2.50. The topological polar surface area (TPSA) is 3.24 Å². The first kappa shape index (κ1) is 18.2. The van der Waals surface area contributed by atoms with Gasteiger partial charge in [0.25, 0.3) is 0 Å². The number of rotatable bonds is 2. The number of hydrogen-bond donors (Lipinski definition) is 0. The summed E-state index contributed by atoms with van der Waals surface area (Å²) in [5.74, 6) is 1.53. The molecule has 2 unspecified atom stereocenters. The Labute approximate surface area is 174 Å². The molecule has 29 heavy (non-hydrogen) atoms.